The number of hydrogen-bond acceptors (Lipinski definition) is 2. The van der Waals surface area contributed by atoms with Crippen molar-refractivity contribution < 1.29 is 9.59 Å². The van der Waals surface area contributed by atoms with Crippen LogP contribution < -0.4 is 10.6 Å². The van der Waals surface area contributed by atoms with E-state index < -0.39 is 0 Å². The Hall–Kier alpha value is -1.06. The fourth-order valence-electron chi connectivity index (χ4n) is 1.33. The number of piperazine rings is 1. The van der Waals surface area contributed by atoms with E-state index in [2.05, 4.69) is 10.6 Å². The molecule has 1 atom stereocenters. The van der Waals surface area contributed by atoms with Gasteiger partial charge in [-0.3, -0.25) is 9.59 Å². The van der Waals surface area contributed by atoms with E-state index in [1.165, 1.54) is 0 Å². The maximum Gasteiger partial charge on any atom is 0.243 e. The third kappa shape index (κ3) is 1.20. The molecule has 1 saturated heterocycles. The van der Waals surface area contributed by atoms with Crippen molar-refractivity contribution >= 4 is 11.8 Å². The first kappa shape index (κ1) is 6.64. The first-order valence-electron chi connectivity index (χ1n) is 3.84. The molecule has 2 fully saturated rings. The van der Waals surface area contributed by atoms with Gasteiger partial charge in [0.2, 0.25) is 11.8 Å². The van der Waals surface area contributed by atoms with Crippen molar-refractivity contribution in [2.45, 2.75) is 18.9 Å². The monoisotopic (exact) mass is 154 g/mol. The second-order valence-corrected chi connectivity index (χ2v) is 3.10. The first-order valence-corrected chi connectivity index (χ1v) is 3.84. The molecular formula is C7H10N2O2. The average molecular weight is 154 g/mol. The van der Waals surface area contributed by atoms with E-state index in [4.69, 9.17) is 0 Å². The summed E-state index contributed by atoms with van der Waals surface area (Å²) >= 11 is 0. The van der Waals surface area contributed by atoms with Gasteiger partial charge in [0.15, 0.2) is 0 Å². The summed E-state index contributed by atoms with van der Waals surface area (Å²) in [4.78, 5) is 21.9. The zero-order valence-corrected chi connectivity index (χ0v) is 6.09. The predicted octanol–water partition coefficient (Wildman–Crippen LogP) is -0.989. The normalized spacial score (nSPS) is 31.1. The van der Waals surface area contributed by atoms with Gasteiger partial charge in [0.1, 0.15) is 6.04 Å². The summed E-state index contributed by atoms with van der Waals surface area (Å²) in [6, 6.07) is -0.240. The summed E-state index contributed by atoms with van der Waals surface area (Å²) < 4.78 is 0. The molecule has 2 amide bonds. The van der Waals surface area contributed by atoms with Crippen LogP contribution in [0.2, 0.25) is 0 Å². The summed E-state index contributed by atoms with van der Waals surface area (Å²) in [6.07, 6.45) is 2.14. The van der Waals surface area contributed by atoms with Gasteiger partial charge in [0.05, 0.1) is 6.54 Å². The van der Waals surface area contributed by atoms with Crippen LogP contribution in [0.25, 0.3) is 0 Å². The third-order valence-electron chi connectivity index (χ3n) is 2.12. The highest BCUT2D eigenvalue weighted by Crippen LogP contribution is 2.33. The van der Waals surface area contributed by atoms with Crippen LogP contribution in [0.15, 0.2) is 0 Å². The maximum absolute atomic E-state index is 11.1. The van der Waals surface area contributed by atoms with Gasteiger partial charge in [-0.15, -0.1) is 0 Å². The van der Waals surface area contributed by atoms with Crippen LogP contribution in [0.4, 0.5) is 0 Å². The highest BCUT2D eigenvalue weighted by atomic mass is 16.2. The smallest absolute Gasteiger partial charge is 0.243 e. The number of hydrogen-bond donors (Lipinski definition) is 2. The van der Waals surface area contributed by atoms with Gasteiger partial charge in [-0.2, -0.15) is 0 Å². The fraction of sp³-hybridized carbons (Fsp3) is 0.714. The molecule has 1 heterocycles. The van der Waals surface area contributed by atoms with Crippen LogP contribution in [0.3, 0.4) is 0 Å². The Bertz CT molecular complexity index is 210. The minimum Gasteiger partial charge on any atom is -0.345 e. The van der Waals surface area contributed by atoms with Crippen LogP contribution in [0, 0.1) is 5.92 Å². The lowest BCUT2D eigenvalue weighted by molar-refractivity contribution is -0.134. The Morgan fingerprint density at radius 1 is 1.27 bits per heavy atom. The molecule has 1 aliphatic carbocycles. The molecule has 0 aromatic heterocycles. The van der Waals surface area contributed by atoms with E-state index in [9.17, 15) is 9.59 Å². The Morgan fingerprint density at radius 3 is 2.64 bits per heavy atom. The second kappa shape index (κ2) is 2.22. The minimum absolute atomic E-state index is 0.0212. The zero-order chi connectivity index (χ0) is 7.84. The van der Waals surface area contributed by atoms with E-state index in [1.807, 2.05) is 0 Å². The van der Waals surface area contributed by atoms with Gasteiger partial charge in [-0.1, -0.05) is 0 Å². The molecule has 0 aromatic rings. The Kier molecular flexibility index (Phi) is 1.34. The number of rotatable bonds is 1. The third-order valence-corrected chi connectivity index (χ3v) is 2.12. The molecule has 0 spiro atoms. The molecule has 0 aromatic carbocycles. The molecular weight excluding hydrogens is 144 g/mol. The Labute approximate surface area is 64.3 Å². The van der Waals surface area contributed by atoms with Crippen LogP contribution in [0.5, 0.6) is 0 Å². The fourth-order valence-corrected chi connectivity index (χ4v) is 1.33. The molecule has 1 aliphatic heterocycles. The van der Waals surface area contributed by atoms with E-state index in [1.54, 1.807) is 0 Å². The molecule has 60 valence electrons. The first-order chi connectivity index (χ1) is 5.27. The van der Waals surface area contributed by atoms with Crippen LogP contribution in [-0.4, -0.2) is 24.4 Å². The second-order valence-electron chi connectivity index (χ2n) is 3.10. The van der Waals surface area contributed by atoms with Crippen molar-refractivity contribution in [3.8, 4) is 0 Å². The molecule has 2 N–H and O–H groups in total. The van der Waals surface area contributed by atoms with Crippen LogP contribution in [0.1, 0.15) is 12.8 Å². The number of carbonyl (C=O) groups excluding carboxylic acids is 2. The summed E-state index contributed by atoms with van der Waals surface area (Å²) in [6.45, 7) is 0.141. The number of nitrogens with one attached hydrogen (secondary N) is 2. The quantitative estimate of drug-likeness (QED) is 0.509. The number of carbonyl (C=O) groups is 2. The van der Waals surface area contributed by atoms with Gasteiger partial charge in [0.25, 0.3) is 0 Å². The Morgan fingerprint density at radius 2 is 2.00 bits per heavy atom. The van der Waals surface area contributed by atoms with Crippen molar-refractivity contribution in [3.63, 3.8) is 0 Å². The lowest BCUT2D eigenvalue weighted by atomic mass is 10.1. The summed E-state index contributed by atoms with van der Waals surface area (Å²) in [5, 5.41) is 5.23. The molecule has 4 nitrogen and oxygen atoms in total. The predicted molar refractivity (Wildman–Crippen MR) is 37.7 cm³/mol. The molecule has 0 bridgehead atoms. The highest BCUT2D eigenvalue weighted by Gasteiger charge is 2.39. The minimum atomic E-state index is -0.240. The molecule has 11 heavy (non-hydrogen) atoms. The van der Waals surface area contributed by atoms with Gasteiger partial charge in [-0.05, 0) is 18.8 Å². The topological polar surface area (TPSA) is 58.2 Å². The van der Waals surface area contributed by atoms with E-state index in [-0.39, 0.29) is 24.4 Å². The summed E-state index contributed by atoms with van der Waals surface area (Å²) in [5.74, 6) is 0.313. The molecule has 2 aliphatic rings. The van der Waals surface area contributed by atoms with Crippen LogP contribution >= 0.6 is 0 Å². The molecule has 1 saturated carbocycles. The molecule has 0 radical (unpaired) electrons. The Balaban J connectivity index is 2.03. The van der Waals surface area contributed by atoms with Gasteiger partial charge in [0, 0.05) is 0 Å². The highest BCUT2D eigenvalue weighted by molar-refractivity contribution is 5.95. The molecule has 4 heteroatoms. The molecule has 2 rings (SSSR count). The van der Waals surface area contributed by atoms with E-state index in [0.717, 1.165) is 12.8 Å². The van der Waals surface area contributed by atoms with E-state index >= 15 is 0 Å². The molecule has 0 unspecified atom stereocenters. The maximum atomic E-state index is 11.1. The largest absolute Gasteiger partial charge is 0.345 e. The van der Waals surface area contributed by atoms with Gasteiger partial charge in [-0.25, -0.2) is 0 Å². The SMILES string of the molecule is O=C1CNC(=O)[C@H](C2CC2)N1. The van der Waals surface area contributed by atoms with Crippen LogP contribution in [-0.2, 0) is 9.59 Å². The number of amides is 2. The van der Waals surface area contributed by atoms with E-state index in [0.29, 0.717) is 5.92 Å². The van der Waals surface area contributed by atoms with Crippen molar-refractivity contribution in [3.05, 3.63) is 0 Å². The van der Waals surface area contributed by atoms with Crippen molar-refractivity contribution in [2.75, 3.05) is 6.54 Å². The van der Waals surface area contributed by atoms with Crippen molar-refractivity contribution in [2.24, 2.45) is 5.92 Å². The van der Waals surface area contributed by atoms with Crippen molar-refractivity contribution in [1.82, 2.24) is 10.6 Å². The zero-order valence-electron chi connectivity index (χ0n) is 6.09. The standard InChI is InChI=1S/C7H10N2O2/c10-5-3-8-7(11)6(9-5)4-1-2-4/h4,6H,1-3H2,(H,8,11)(H,9,10)/t6-/m0/s1. The van der Waals surface area contributed by atoms with Gasteiger partial charge < -0.3 is 10.6 Å². The lowest BCUT2D eigenvalue weighted by Crippen LogP contribution is -2.57. The lowest BCUT2D eigenvalue weighted by Gasteiger charge is -2.22. The summed E-state index contributed by atoms with van der Waals surface area (Å²) in [7, 11) is 0. The van der Waals surface area contributed by atoms with Gasteiger partial charge >= 0.3 is 0 Å². The average Bonchev–Trinajstić information content (AvgIpc) is 2.76. The summed E-state index contributed by atoms with van der Waals surface area (Å²) in [5.41, 5.74) is 0. The van der Waals surface area contributed by atoms with Crippen molar-refractivity contribution in [1.29, 1.82) is 0 Å².